The Morgan fingerprint density at radius 1 is 1.57 bits per heavy atom. The van der Waals surface area contributed by atoms with Crippen LogP contribution in [0.15, 0.2) is 0 Å². The van der Waals surface area contributed by atoms with Gasteiger partial charge in [0.25, 0.3) is 0 Å². The van der Waals surface area contributed by atoms with Crippen LogP contribution in [-0.2, 0) is 0 Å². The van der Waals surface area contributed by atoms with E-state index in [0.717, 1.165) is 11.5 Å². The minimum absolute atomic E-state index is 0.0424. The van der Waals surface area contributed by atoms with Crippen LogP contribution in [0.1, 0.15) is 5.56 Å². The first-order chi connectivity index (χ1) is 6.44. The normalized spacial score (nSPS) is 11.0. The standard InChI is InChI=1S/C6H5F3N4S/c7-6(8,9)2-12-5-3(1-10)4(11)13-14-5/h12H,2H2,(H2,11,13). The zero-order chi connectivity index (χ0) is 10.8. The third-order valence-corrected chi connectivity index (χ3v) is 2.10. The molecular weight excluding hydrogens is 217 g/mol. The highest BCUT2D eigenvalue weighted by Gasteiger charge is 2.27. The summed E-state index contributed by atoms with van der Waals surface area (Å²) < 4.78 is 38.9. The van der Waals surface area contributed by atoms with E-state index in [1.165, 1.54) is 0 Å². The SMILES string of the molecule is N#Cc1c(N)nsc1NCC(F)(F)F. The molecule has 8 heteroatoms. The molecule has 14 heavy (non-hydrogen) atoms. The van der Waals surface area contributed by atoms with Crippen LogP contribution >= 0.6 is 11.5 Å². The van der Waals surface area contributed by atoms with E-state index < -0.39 is 12.7 Å². The molecule has 0 unspecified atom stereocenters. The fraction of sp³-hybridized carbons (Fsp3) is 0.333. The molecule has 0 amide bonds. The summed E-state index contributed by atoms with van der Waals surface area (Å²) in [6, 6.07) is 1.67. The van der Waals surface area contributed by atoms with E-state index in [2.05, 4.69) is 9.69 Å². The minimum Gasteiger partial charge on any atom is -0.382 e. The number of nitrogens with two attached hydrogens (primary N) is 1. The largest absolute Gasteiger partial charge is 0.405 e. The lowest BCUT2D eigenvalue weighted by molar-refractivity contribution is -0.115. The molecule has 1 aromatic heterocycles. The van der Waals surface area contributed by atoms with Crippen LogP contribution in [0.3, 0.4) is 0 Å². The summed E-state index contributed by atoms with van der Waals surface area (Å²) in [5.74, 6) is -0.0535. The Morgan fingerprint density at radius 2 is 2.21 bits per heavy atom. The predicted molar refractivity (Wildman–Crippen MR) is 45.8 cm³/mol. The van der Waals surface area contributed by atoms with Crippen molar-refractivity contribution >= 4 is 22.4 Å². The smallest absolute Gasteiger partial charge is 0.382 e. The van der Waals surface area contributed by atoms with Crippen molar-refractivity contribution in [3.8, 4) is 6.07 Å². The van der Waals surface area contributed by atoms with Crippen LogP contribution in [0.25, 0.3) is 0 Å². The van der Waals surface area contributed by atoms with E-state index in [1.807, 2.05) is 0 Å². The van der Waals surface area contributed by atoms with Gasteiger partial charge in [0.1, 0.15) is 23.2 Å². The lowest BCUT2D eigenvalue weighted by Crippen LogP contribution is -2.21. The van der Waals surface area contributed by atoms with Crippen LogP contribution in [0.2, 0.25) is 0 Å². The first-order valence-electron chi connectivity index (χ1n) is 3.40. The lowest BCUT2D eigenvalue weighted by atomic mass is 10.3. The molecule has 0 aliphatic heterocycles. The van der Waals surface area contributed by atoms with Gasteiger partial charge in [-0.1, -0.05) is 0 Å². The number of alkyl halides is 3. The molecular formula is C6H5F3N4S. The number of nitrogens with zero attached hydrogens (tertiary/aromatic N) is 2. The van der Waals surface area contributed by atoms with Crippen molar-refractivity contribution in [2.24, 2.45) is 0 Å². The summed E-state index contributed by atoms with van der Waals surface area (Å²) in [4.78, 5) is 0. The van der Waals surface area contributed by atoms with Gasteiger partial charge in [0.2, 0.25) is 0 Å². The fourth-order valence-corrected chi connectivity index (χ4v) is 1.37. The van der Waals surface area contributed by atoms with E-state index in [0.29, 0.717) is 0 Å². The highest BCUT2D eigenvalue weighted by Crippen LogP contribution is 2.26. The summed E-state index contributed by atoms with van der Waals surface area (Å²) in [6.07, 6.45) is -4.33. The number of nitrogens with one attached hydrogen (secondary N) is 1. The van der Waals surface area contributed by atoms with E-state index >= 15 is 0 Å². The molecule has 3 N–H and O–H groups in total. The molecule has 0 radical (unpaired) electrons. The van der Waals surface area contributed by atoms with Crippen LogP contribution in [0, 0.1) is 11.3 Å². The molecule has 0 atom stereocenters. The van der Waals surface area contributed by atoms with Gasteiger partial charge in [0.05, 0.1) is 0 Å². The molecule has 0 spiro atoms. The fourth-order valence-electron chi connectivity index (χ4n) is 0.712. The van der Waals surface area contributed by atoms with Gasteiger partial charge in [0.15, 0.2) is 5.82 Å². The number of aromatic nitrogens is 1. The van der Waals surface area contributed by atoms with E-state index in [1.54, 1.807) is 6.07 Å². The first kappa shape index (κ1) is 10.6. The molecule has 0 aliphatic carbocycles. The Morgan fingerprint density at radius 3 is 2.71 bits per heavy atom. The van der Waals surface area contributed by atoms with Crippen molar-refractivity contribution in [3.63, 3.8) is 0 Å². The Labute approximate surface area is 81.3 Å². The highest BCUT2D eigenvalue weighted by atomic mass is 32.1. The second-order valence-electron chi connectivity index (χ2n) is 2.35. The summed E-state index contributed by atoms with van der Waals surface area (Å²) >= 11 is 0.733. The number of rotatable bonds is 2. The maximum atomic E-state index is 11.8. The predicted octanol–water partition coefficient (Wildman–Crippen LogP) is 1.57. The van der Waals surface area contributed by atoms with Crippen molar-refractivity contribution in [2.75, 3.05) is 17.6 Å². The molecule has 0 bridgehead atoms. The van der Waals surface area contributed by atoms with Gasteiger partial charge in [-0.25, -0.2) is 0 Å². The summed E-state index contributed by atoms with van der Waals surface area (Å²) in [7, 11) is 0. The quantitative estimate of drug-likeness (QED) is 0.796. The number of hydrogen-bond donors (Lipinski definition) is 2. The Kier molecular flexibility index (Phi) is 2.81. The van der Waals surface area contributed by atoms with Gasteiger partial charge >= 0.3 is 6.18 Å². The Bertz CT molecular complexity index is 364. The first-order valence-corrected chi connectivity index (χ1v) is 4.17. The van der Waals surface area contributed by atoms with Crippen molar-refractivity contribution < 1.29 is 13.2 Å². The topological polar surface area (TPSA) is 74.7 Å². The van der Waals surface area contributed by atoms with E-state index in [4.69, 9.17) is 11.0 Å². The maximum absolute atomic E-state index is 11.8. The molecule has 76 valence electrons. The molecule has 0 aromatic carbocycles. The van der Waals surface area contributed by atoms with E-state index in [-0.39, 0.29) is 16.4 Å². The van der Waals surface area contributed by atoms with Crippen molar-refractivity contribution in [1.82, 2.24) is 4.37 Å². The molecule has 0 saturated carbocycles. The lowest BCUT2D eigenvalue weighted by Gasteiger charge is -2.06. The van der Waals surface area contributed by atoms with Gasteiger partial charge in [-0.05, 0) is 11.5 Å². The molecule has 1 heterocycles. The van der Waals surface area contributed by atoms with Gasteiger partial charge in [-0.3, -0.25) is 0 Å². The molecule has 4 nitrogen and oxygen atoms in total. The molecule has 0 aliphatic rings. The second kappa shape index (κ2) is 3.71. The van der Waals surface area contributed by atoms with Gasteiger partial charge in [0, 0.05) is 0 Å². The minimum atomic E-state index is -4.33. The van der Waals surface area contributed by atoms with E-state index in [9.17, 15) is 13.2 Å². The summed E-state index contributed by atoms with van der Waals surface area (Å²) in [5, 5.41) is 10.6. The Balaban J connectivity index is 2.74. The van der Waals surface area contributed by atoms with Crippen molar-refractivity contribution in [2.45, 2.75) is 6.18 Å². The van der Waals surface area contributed by atoms with Gasteiger partial charge in [-0.15, -0.1) is 0 Å². The van der Waals surface area contributed by atoms with Crippen LogP contribution < -0.4 is 11.1 Å². The third kappa shape index (κ3) is 2.50. The third-order valence-electron chi connectivity index (χ3n) is 1.28. The highest BCUT2D eigenvalue weighted by molar-refractivity contribution is 7.10. The zero-order valence-electron chi connectivity index (χ0n) is 6.72. The molecule has 0 fully saturated rings. The van der Waals surface area contributed by atoms with Crippen molar-refractivity contribution in [3.05, 3.63) is 5.56 Å². The molecule has 0 saturated heterocycles. The number of nitrogen functional groups attached to an aromatic ring is 1. The van der Waals surface area contributed by atoms with Crippen LogP contribution in [0.4, 0.5) is 24.0 Å². The van der Waals surface area contributed by atoms with Gasteiger partial charge < -0.3 is 11.1 Å². The molecule has 1 aromatic rings. The number of hydrogen-bond acceptors (Lipinski definition) is 5. The monoisotopic (exact) mass is 222 g/mol. The number of halogens is 3. The summed E-state index contributed by atoms with van der Waals surface area (Å²) in [5.41, 5.74) is 5.20. The number of nitriles is 1. The van der Waals surface area contributed by atoms with Crippen LogP contribution in [0.5, 0.6) is 0 Å². The average molecular weight is 222 g/mol. The molecule has 1 rings (SSSR count). The van der Waals surface area contributed by atoms with Crippen LogP contribution in [-0.4, -0.2) is 17.1 Å². The maximum Gasteiger partial charge on any atom is 0.405 e. The average Bonchev–Trinajstić information content (AvgIpc) is 2.41. The zero-order valence-corrected chi connectivity index (χ0v) is 7.54. The van der Waals surface area contributed by atoms with Crippen molar-refractivity contribution in [1.29, 1.82) is 5.26 Å². The Hall–Kier alpha value is -1.49. The number of anilines is 2. The van der Waals surface area contributed by atoms with Gasteiger partial charge in [-0.2, -0.15) is 22.8 Å². The second-order valence-corrected chi connectivity index (χ2v) is 3.13. The summed E-state index contributed by atoms with van der Waals surface area (Å²) in [6.45, 7) is -1.21.